The molecule has 2 fully saturated rings. The van der Waals surface area contributed by atoms with Crippen LogP contribution in [-0.2, 0) is 22.3 Å². The minimum Gasteiger partial charge on any atom is -0.324 e. The molecule has 0 radical (unpaired) electrons. The van der Waals surface area contributed by atoms with Crippen molar-refractivity contribution in [1.29, 1.82) is 0 Å². The molecule has 9 heteroatoms. The molecule has 1 N–H and O–H groups in total. The Kier molecular flexibility index (Phi) is 8.09. The fourth-order valence-corrected chi connectivity index (χ4v) is 5.76. The summed E-state index contributed by atoms with van der Waals surface area (Å²) in [6.45, 7) is 7.72. The van der Waals surface area contributed by atoms with Crippen LogP contribution in [0.15, 0.2) is 42.5 Å². The van der Waals surface area contributed by atoms with Crippen molar-refractivity contribution in [3.63, 3.8) is 0 Å². The third kappa shape index (κ3) is 5.68. The largest absolute Gasteiger partial charge is 0.416 e. The van der Waals surface area contributed by atoms with Gasteiger partial charge in [0.15, 0.2) is 0 Å². The molecule has 0 unspecified atom stereocenters. The van der Waals surface area contributed by atoms with Crippen LogP contribution in [0.1, 0.15) is 93.9 Å². The normalized spacial score (nSPS) is 17.6. The zero-order chi connectivity index (χ0) is 28.5. The molecule has 4 rings (SSSR count). The van der Waals surface area contributed by atoms with Crippen molar-refractivity contribution in [2.45, 2.75) is 89.9 Å². The van der Waals surface area contributed by atoms with Crippen molar-refractivity contribution in [3.05, 3.63) is 64.7 Å². The molecule has 0 atom stereocenters. The highest BCUT2D eigenvalue weighted by molar-refractivity contribution is 6.10. The van der Waals surface area contributed by atoms with E-state index in [2.05, 4.69) is 5.32 Å². The molecule has 2 aromatic carbocycles. The van der Waals surface area contributed by atoms with Gasteiger partial charge in [-0.1, -0.05) is 77.3 Å². The lowest BCUT2D eigenvalue weighted by molar-refractivity contribution is -0.137. The molecule has 1 spiro atoms. The van der Waals surface area contributed by atoms with Crippen LogP contribution in [0.5, 0.6) is 0 Å². The zero-order valence-electron chi connectivity index (χ0n) is 22.9. The standard InChI is InChI=1S/C30H36F3N3O3/c1-19(2)23-9-8-10-24(20(3)4)26(23)34-25(37)18-35-27(38)29(15-6-5-7-16-29)36(28(35)39)17-21-11-13-22(14-12-21)30(31,32)33/h8-14,19-20H,5-7,15-18H2,1-4H3,(H,34,37). The zero-order valence-corrected chi connectivity index (χ0v) is 22.9. The molecule has 1 saturated carbocycles. The summed E-state index contributed by atoms with van der Waals surface area (Å²) in [7, 11) is 0. The monoisotopic (exact) mass is 543 g/mol. The Morgan fingerprint density at radius 1 is 0.923 bits per heavy atom. The molecule has 2 aliphatic rings. The number of nitrogens with one attached hydrogen (secondary N) is 1. The van der Waals surface area contributed by atoms with Gasteiger partial charge in [-0.05, 0) is 53.5 Å². The van der Waals surface area contributed by atoms with Crippen molar-refractivity contribution >= 4 is 23.5 Å². The number of halogens is 3. The molecule has 39 heavy (non-hydrogen) atoms. The fourth-order valence-electron chi connectivity index (χ4n) is 5.76. The Hall–Kier alpha value is -3.36. The van der Waals surface area contributed by atoms with Crippen LogP contribution < -0.4 is 5.32 Å². The summed E-state index contributed by atoms with van der Waals surface area (Å²) in [5.41, 5.74) is 1.29. The van der Waals surface area contributed by atoms with Gasteiger partial charge in [-0.2, -0.15) is 13.2 Å². The molecule has 1 heterocycles. The molecule has 4 amide bonds. The van der Waals surface area contributed by atoms with Crippen molar-refractivity contribution in [1.82, 2.24) is 9.80 Å². The molecule has 0 bridgehead atoms. The number of benzene rings is 2. The van der Waals surface area contributed by atoms with E-state index in [-0.39, 0.29) is 18.4 Å². The number of nitrogens with zero attached hydrogens (tertiary/aromatic N) is 2. The highest BCUT2D eigenvalue weighted by atomic mass is 19.4. The smallest absolute Gasteiger partial charge is 0.324 e. The Labute approximate surface area is 227 Å². The second-order valence-electron chi connectivity index (χ2n) is 11.2. The second-order valence-corrected chi connectivity index (χ2v) is 11.2. The maximum absolute atomic E-state index is 13.8. The Bertz CT molecular complexity index is 1210. The SMILES string of the molecule is CC(C)c1cccc(C(C)C)c1NC(=O)CN1C(=O)N(Cc2ccc(C(F)(F)F)cc2)C2(CCCCC2)C1=O. The van der Waals surface area contributed by atoms with E-state index >= 15 is 0 Å². The molecule has 6 nitrogen and oxygen atoms in total. The summed E-state index contributed by atoms with van der Waals surface area (Å²) in [4.78, 5) is 43.2. The fraction of sp³-hybridized carbons (Fsp3) is 0.500. The summed E-state index contributed by atoms with van der Waals surface area (Å²) in [6, 6.07) is 9.93. The van der Waals surface area contributed by atoms with Crippen molar-refractivity contribution in [2.24, 2.45) is 0 Å². The van der Waals surface area contributed by atoms with Crippen molar-refractivity contribution in [3.8, 4) is 0 Å². The first kappa shape index (κ1) is 28.6. The van der Waals surface area contributed by atoms with E-state index in [9.17, 15) is 27.6 Å². The van der Waals surface area contributed by atoms with Gasteiger partial charge >= 0.3 is 12.2 Å². The third-order valence-corrected chi connectivity index (χ3v) is 7.86. The van der Waals surface area contributed by atoms with Crippen LogP contribution in [-0.4, -0.2) is 39.7 Å². The Morgan fingerprint density at radius 3 is 2.00 bits per heavy atom. The molecule has 1 aliphatic carbocycles. The third-order valence-electron chi connectivity index (χ3n) is 7.86. The number of imide groups is 1. The van der Waals surface area contributed by atoms with Gasteiger partial charge in [0.2, 0.25) is 5.91 Å². The number of para-hydroxylation sites is 1. The van der Waals surface area contributed by atoms with Crippen molar-refractivity contribution in [2.75, 3.05) is 11.9 Å². The van der Waals surface area contributed by atoms with Crippen LogP contribution in [0, 0.1) is 0 Å². The summed E-state index contributed by atoms with van der Waals surface area (Å²) in [5, 5.41) is 2.98. The van der Waals surface area contributed by atoms with Crippen LogP contribution >= 0.6 is 0 Å². The molecule has 0 aromatic heterocycles. The highest BCUT2D eigenvalue weighted by Crippen LogP contribution is 2.42. The van der Waals surface area contributed by atoms with Crippen LogP contribution in [0.3, 0.4) is 0 Å². The van der Waals surface area contributed by atoms with Crippen LogP contribution in [0.25, 0.3) is 0 Å². The van der Waals surface area contributed by atoms with E-state index in [1.807, 2.05) is 45.9 Å². The lowest BCUT2D eigenvalue weighted by atomic mass is 9.80. The maximum atomic E-state index is 13.8. The summed E-state index contributed by atoms with van der Waals surface area (Å²) >= 11 is 0. The van der Waals surface area contributed by atoms with Gasteiger partial charge in [0.25, 0.3) is 5.91 Å². The Morgan fingerprint density at radius 2 is 1.49 bits per heavy atom. The van der Waals surface area contributed by atoms with Gasteiger partial charge in [-0.3, -0.25) is 14.5 Å². The van der Waals surface area contributed by atoms with Gasteiger partial charge < -0.3 is 10.2 Å². The van der Waals surface area contributed by atoms with Crippen LogP contribution in [0.4, 0.5) is 23.7 Å². The minimum absolute atomic E-state index is 0.00545. The van der Waals surface area contributed by atoms with E-state index in [0.29, 0.717) is 24.1 Å². The van der Waals surface area contributed by atoms with Gasteiger partial charge in [-0.15, -0.1) is 0 Å². The predicted molar refractivity (Wildman–Crippen MR) is 143 cm³/mol. The number of carbonyl (C=O) groups is 3. The highest BCUT2D eigenvalue weighted by Gasteiger charge is 2.57. The molecule has 210 valence electrons. The summed E-state index contributed by atoms with van der Waals surface area (Å²) in [6.07, 6.45) is -1.10. The lowest BCUT2D eigenvalue weighted by Crippen LogP contribution is -2.50. The van der Waals surface area contributed by atoms with Gasteiger partial charge in [0, 0.05) is 12.2 Å². The van der Waals surface area contributed by atoms with E-state index in [1.165, 1.54) is 17.0 Å². The molecule has 2 aromatic rings. The predicted octanol–water partition coefficient (Wildman–Crippen LogP) is 7.06. The number of urea groups is 1. The molecule has 1 saturated heterocycles. The first-order valence-electron chi connectivity index (χ1n) is 13.6. The quantitative estimate of drug-likeness (QED) is 0.380. The van der Waals surface area contributed by atoms with Gasteiger partial charge in [-0.25, -0.2) is 4.79 Å². The topological polar surface area (TPSA) is 69.7 Å². The number of anilines is 1. The average molecular weight is 544 g/mol. The molecule has 1 aliphatic heterocycles. The van der Waals surface area contributed by atoms with Crippen molar-refractivity contribution < 1.29 is 27.6 Å². The molecular weight excluding hydrogens is 507 g/mol. The van der Waals surface area contributed by atoms with E-state index in [0.717, 1.165) is 47.4 Å². The maximum Gasteiger partial charge on any atom is 0.416 e. The first-order valence-corrected chi connectivity index (χ1v) is 13.6. The minimum atomic E-state index is -4.46. The van der Waals surface area contributed by atoms with E-state index in [4.69, 9.17) is 0 Å². The van der Waals surface area contributed by atoms with Gasteiger partial charge in [0.1, 0.15) is 12.1 Å². The Balaban J connectivity index is 1.59. The summed E-state index contributed by atoms with van der Waals surface area (Å²) < 4.78 is 39.1. The number of hydrogen-bond acceptors (Lipinski definition) is 3. The number of rotatable bonds is 7. The van der Waals surface area contributed by atoms with Gasteiger partial charge in [0.05, 0.1) is 5.56 Å². The van der Waals surface area contributed by atoms with E-state index < -0.39 is 41.7 Å². The first-order chi connectivity index (χ1) is 18.3. The number of alkyl halides is 3. The number of amides is 4. The van der Waals surface area contributed by atoms with E-state index in [1.54, 1.807) is 0 Å². The number of carbonyl (C=O) groups excluding carboxylic acids is 3. The summed E-state index contributed by atoms with van der Waals surface area (Å²) in [5.74, 6) is -0.568. The number of hydrogen-bond donors (Lipinski definition) is 1. The molecular formula is C30H36F3N3O3. The lowest BCUT2D eigenvalue weighted by Gasteiger charge is -2.38. The average Bonchev–Trinajstić information content (AvgIpc) is 3.05. The second kappa shape index (κ2) is 11.0. The van der Waals surface area contributed by atoms with Crippen LogP contribution in [0.2, 0.25) is 0 Å².